The summed E-state index contributed by atoms with van der Waals surface area (Å²) < 4.78 is 22.3. The van der Waals surface area contributed by atoms with Crippen LogP contribution in [0.25, 0.3) is 0 Å². The average molecular weight is 897 g/mol. The van der Waals surface area contributed by atoms with Crippen LogP contribution in [0.2, 0.25) is 0 Å². The molecule has 63 heavy (non-hydrogen) atoms. The molecule has 0 aromatic heterocycles. The highest BCUT2D eigenvalue weighted by molar-refractivity contribution is 5.70. The van der Waals surface area contributed by atoms with E-state index in [-0.39, 0.29) is 32.0 Å². The minimum atomic E-state index is -1.59. The first-order valence-electron chi connectivity index (χ1n) is 26.8. The molecule has 10 heteroatoms. The van der Waals surface area contributed by atoms with E-state index in [2.05, 4.69) is 26.0 Å². The predicted molar refractivity (Wildman–Crippen MR) is 256 cm³/mol. The van der Waals surface area contributed by atoms with Crippen LogP contribution in [-0.2, 0) is 28.5 Å². The van der Waals surface area contributed by atoms with Crippen molar-refractivity contribution in [2.75, 3.05) is 19.8 Å². The maximum Gasteiger partial charge on any atom is 0.306 e. The molecule has 1 saturated heterocycles. The van der Waals surface area contributed by atoms with Crippen molar-refractivity contribution in [1.29, 1.82) is 0 Å². The molecule has 0 spiro atoms. The fourth-order valence-corrected chi connectivity index (χ4v) is 8.42. The third-order valence-corrected chi connectivity index (χ3v) is 12.7. The first-order chi connectivity index (χ1) is 30.8. The van der Waals surface area contributed by atoms with Crippen LogP contribution in [0.15, 0.2) is 12.2 Å². The summed E-state index contributed by atoms with van der Waals surface area (Å²) in [5.41, 5.74) is 0. The zero-order chi connectivity index (χ0) is 45.9. The molecular weight excluding hydrogens is 797 g/mol. The van der Waals surface area contributed by atoms with Gasteiger partial charge in [0.15, 0.2) is 12.4 Å². The van der Waals surface area contributed by atoms with Crippen molar-refractivity contribution in [2.45, 2.75) is 295 Å². The van der Waals surface area contributed by atoms with Crippen LogP contribution < -0.4 is 0 Å². The van der Waals surface area contributed by atoms with Gasteiger partial charge in [0, 0.05) is 12.8 Å². The van der Waals surface area contributed by atoms with Crippen LogP contribution in [0.1, 0.15) is 258 Å². The number of hydrogen-bond acceptors (Lipinski definition) is 10. The Balaban J connectivity index is 2.22. The van der Waals surface area contributed by atoms with E-state index in [4.69, 9.17) is 18.9 Å². The molecule has 2 unspecified atom stereocenters. The van der Waals surface area contributed by atoms with E-state index in [0.29, 0.717) is 6.42 Å². The van der Waals surface area contributed by atoms with Crippen molar-refractivity contribution in [3.8, 4) is 0 Å². The summed E-state index contributed by atoms with van der Waals surface area (Å²) in [5, 5.41) is 40.2. The monoisotopic (exact) mass is 897 g/mol. The molecule has 1 aliphatic heterocycles. The van der Waals surface area contributed by atoms with Gasteiger partial charge in [0.25, 0.3) is 0 Å². The highest BCUT2D eigenvalue weighted by Gasteiger charge is 2.44. The number of unbranched alkanes of at least 4 members (excludes halogenated alkanes) is 33. The second-order valence-corrected chi connectivity index (χ2v) is 18.7. The van der Waals surface area contributed by atoms with E-state index in [1.807, 2.05) is 0 Å². The Labute approximate surface area is 386 Å². The Kier molecular flexibility index (Phi) is 41.8. The van der Waals surface area contributed by atoms with Crippen molar-refractivity contribution in [3.63, 3.8) is 0 Å². The number of aliphatic hydroxyl groups excluding tert-OH is 4. The van der Waals surface area contributed by atoms with Crippen LogP contribution in [0, 0.1) is 0 Å². The Morgan fingerprint density at radius 1 is 0.476 bits per heavy atom. The Hall–Kier alpha value is -1.56. The summed E-state index contributed by atoms with van der Waals surface area (Å²) in [5.74, 6) is -0.792. The Morgan fingerprint density at radius 3 is 1.25 bits per heavy atom. The van der Waals surface area contributed by atoms with E-state index in [0.717, 1.165) is 38.5 Å². The predicted octanol–water partition coefficient (Wildman–Crippen LogP) is 12.7. The zero-order valence-corrected chi connectivity index (χ0v) is 40.8. The van der Waals surface area contributed by atoms with Crippen LogP contribution in [-0.4, -0.2) is 89.0 Å². The molecule has 4 N–H and O–H groups in total. The van der Waals surface area contributed by atoms with E-state index in [1.165, 1.54) is 186 Å². The lowest BCUT2D eigenvalue weighted by molar-refractivity contribution is -0.305. The van der Waals surface area contributed by atoms with Gasteiger partial charge in [0.1, 0.15) is 31.0 Å². The van der Waals surface area contributed by atoms with Crippen molar-refractivity contribution in [1.82, 2.24) is 0 Å². The van der Waals surface area contributed by atoms with Gasteiger partial charge < -0.3 is 39.4 Å². The van der Waals surface area contributed by atoms with E-state index in [1.54, 1.807) is 0 Å². The minimum absolute atomic E-state index is 0.212. The molecule has 0 aromatic carbocycles. The van der Waals surface area contributed by atoms with Gasteiger partial charge in [-0.05, 0) is 38.5 Å². The van der Waals surface area contributed by atoms with Gasteiger partial charge in [-0.15, -0.1) is 0 Å². The molecular formula is C53H100O10. The minimum Gasteiger partial charge on any atom is -0.462 e. The number of hydrogen-bond donors (Lipinski definition) is 4. The summed E-state index contributed by atoms with van der Waals surface area (Å²) in [6.07, 6.45) is 42.2. The quantitative estimate of drug-likeness (QED) is 0.0264. The topological polar surface area (TPSA) is 152 Å². The zero-order valence-electron chi connectivity index (χ0n) is 40.8. The van der Waals surface area contributed by atoms with E-state index < -0.39 is 49.4 Å². The molecule has 0 amide bonds. The number of allylic oxidation sites excluding steroid dienone is 2. The van der Waals surface area contributed by atoms with Gasteiger partial charge >= 0.3 is 11.9 Å². The lowest BCUT2D eigenvalue weighted by atomic mass is 9.99. The van der Waals surface area contributed by atoms with Gasteiger partial charge in [0.2, 0.25) is 0 Å². The average Bonchev–Trinajstić information content (AvgIpc) is 3.28. The van der Waals surface area contributed by atoms with Crippen LogP contribution in [0.5, 0.6) is 0 Å². The standard InChI is InChI=1S/C53H100O10/c1-3-5-7-9-11-13-15-17-19-21-22-23-24-26-27-29-31-33-35-37-39-41-48(55)60-44-46(45-61-53-52(59)51(58)50(57)47(43-54)63-53)62-49(56)42-40-38-36-34-32-30-28-25-20-18-16-14-12-10-8-6-4-2/h14,16,46-47,50-54,57-59H,3-13,15,17-45H2,1-2H3/b16-14+/t46-,47-,50+,51?,52?,53-/m0/s1. The smallest absolute Gasteiger partial charge is 0.306 e. The van der Waals surface area contributed by atoms with Crippen LogP contribution in [0.4, 0.5) is 0 Å². The molecule has 372 valence electrons. The molecule has 0 aromatic rings. The summed E-state index contributed by atoms with van der Waals surface area (Å²) in [4.78, 5) is 25.5. The molecule has 0 saturated carbocycles. The summed E-state index contributed by atoms with van der Waals surface area (Å²) in [7, 11) is 0. The third kappa shape index (κ3) is 35.3. The number of rotatable bonds is 46. The lowest BCUT2D eigenvalue weighted by Crippen LogP contribution is -2.59. The molecule has 1 heterocycles. The number of carbonyl (C=O) groups excluding carboxylic acids is 2. The van der Waals surface area contributed by atoms with Gasteiger partial charge in [-0.25, -0.2) is 0 Å². The number of carbonyl (C=O) groups is 2. The van der Waals surface area contributed by atoms with Crippen LogP contribution in [0.3, 0.4) is 0 Å². The molecule has 1 fully saturated rings. The SMILES string of the molecule is CCCCCC/C=C/CCCCCCCCCCCC(=O)O[C@@H](COC(=O)CCCCCCCCCCCCCCCCCCCCCCC)CO[C@H]1O[C@@H](CO)[C@@H](O)C(O)C1O. The van der Waals surface area contributed by atoms with Gasteiger partial charge in [0.05, 0.1) is 13.2 Å². The van der Waals surface area contributed by atoms with Crippen molar-refractivity contribution in [3.05, 3.63) is 12.2 Å². The van der Waals surface area contributed by atoms with Crippen molar-refractivity contribution in [2.24, 2.45) is 0 Å². The highest BCUT2D eigenvalue weighted by atomic mass is 16.7. The number of esters is 2. The second kappa shape index (κ2) is 44.3. The van der Waals surface area contributed by atoms with Gasteiger partial charge in [-0.3, -0.25) is 9.59 Å². The first-order valence-corrected chi connectivity index (χ1v) is 26.8. The summed E-state index contributed by atoms with van der Waals surface area (Å²) >= 11 is 0. The Bertz CT molecular complexity index is 1040. The van der Waals surface area contributed by atoms with Gasteiger partial charge in [-0.2, -0.15) is 0 Å². The fraction of sp³-hybridized carbons (Fsp3) is 0.925. The van der Waals surface area contributed by atoms with Crippen molar-refractivity contribution >= 4 is 11.9 Å². The highest BCUT2D eigenvalue weighted by Crippen LogP contribution is 2.23. The molecule has 0 radical (unpaired) electrons. The Morgan fingerprint density at radius 2 is 0.841 bits per heavy atom. The van der Waals surface area contributed by atoms with Crippen LogP contribution >= 0.6 is 0 Å². The fourth-order valence-electron chi connectivity index (χ4n) is 8.42. The maximum atomic E-state index is 12.8. The van der Waals surface area contributed by atoms with Crippen molar-refractivity contribution < 1.29 is 49.0 Å². The van der Waals surface area contributed by atoms with E-state index >= 15 is 0 Å². The molecule has 1 aliphatic rings. The molecule has 1 rings (SSSR count). The third-order valence-electron chi connectivity index (χ3n) is 12.7. The largest absolute Gasteiger partial charge is 0.462 e. The van der Waals surface area contributed by atoms with E-state index in [9.17, 15) is 30.0 Å². The molecule has 0 bridgehead atoms. The first kappa shape index (κ1) is 59.5. The summed E-state index contributed by atoms with van der Waals surface area (Å²) in [6, 6.07) is 0. The van der Waals surface area contributed by atoms with Gasteiger partial charge in [-0.1, -0.05) is 219 Å². The normalized spacial score (nSPS) is 19.5. The lowest BCUT2D eigenvalue weighted by Gasteiger charge is -2.39. The number of ether oxygens (including phenoxy) is 4. The molecule has 0 aliphatic carbocycles. The number of aliphatic hydroxyl groups is 4. The molecule has 10 nitrogen and oxygen atoms in total. The molecule has 6 atom stereocenters. The second-order valence-electron chi connectivity index (χ2n) is 18.7. The maximum absolute atomic E-state index is 12.8. The summed E-state index contributed by atoms with van der Waals surface area (Å²) in [6.45, 7) is 3.46.